The molecule has 1 saturated carbocycles. The van der Waals surface area contributed by atoms with Crippen LogP contribution in [0.4, 0.5) is 0 Å². The van der Waals surface area contributed by atoms with Gasteiger partial charge in [-0.05, 0) is 63.3 Å². The Hall–Kier alpha value is -2.47. The number of aryl methyl sites for hydroxylation is 1. The molecule has 0 radical (unpaired) electrons. The largest absolute Gasteiger partial charge is 0.393 e. The van der Waals surface area contributed by atoms with E-state index >= 15 is 0 Å². The van der Waals surface area contributed by atoms with Gasteiger partial charge in [0.05, 0.1) is 17.8 Å². The Labute approximate surface area is 159 Å². The van der Waals surface area contributed by atoms with Crippen molar-refractivity contribution in [1.29, 1.82) is 0 Å². The van der Waals surface area contributed by atoms with E-state index in [-0.39, 0.29) is 35.2 Å². The van der Waals surface area contributed by atoms with E-state index in [0.29, 0.717) is 18.4 Å². The summed E-state index contributed by atoms with van der Waals surface area (Å²) < 4.78 is 1.67. The summed E-state index contributed by atoms with van der Waals surface area (Å²) in [6, 6.07) is 7.22. The van der Waals surface area contributed by atoms with Gasteiger partial charge >= 0.3 is 0 Å². The summed E-state index contributed by atoms with van der Waals surface area (Å²) in [4.78, 5) is 32.1. The van der Waals surface area contributed by atoms with Crippen LogP contribution in [0.5, 0.6) is 0 Å². The van der Waals surface area contributed by atoms with Gasteiger partial charge in [0.25, 0.3) is 11.5 Å². The summed E-state index contributed by atoms with van der Waals surface area (Å²) >= 11 is 0. The molecule has 1 aliphatic rings. The molecule has 1 N–H and O–H groups in total. The quantitative estimate of drug-likeness (QED) is 0.899. The average Bonchev–Trinajstić information content (AvgIpc) is 2.68. The van der Waals surface area contributed by atoms with Gasteiger partial charge in [-0.25, -0.2) is 0 Å². The number of nitrogens with zero attached hydrogens (tertiary/aromatic N) is 3. The van der Waals surface area contributed by atoms with Gasteiger partial charge in [-0.2, -0.15) is 0 Å². The molecule has 1 atom stereocenters. The van der Waals surface area contributed by atoms with Crippen LogP contribution in [0.3, 0.4) is 0 Å². The van der Waals surface area contributed by atoms with E-state index in [9.17, 15) is 14.7 Å². The zero-order valence-electron chi connectivity index (χ0n) is 16.1. The number of hydrogen-bond acceptors (Lipinski definition) is 4. The number of carbonyl (C=O) groups is 1. The van der Waals surface area contributed by atoms with Crippen LogP contribution in [-0.4, -0.2) is 38.6 Å². The number of amides is 1. The van der Waals surface area contributed by atoms with Crippen molar-refractivity contribution in [2.45, 2.75) is 57.7 Å². The zero-order valence-corrected chi connectivity index (χ0v) is 16.1. The summed E-state index contributed by atoms with van der Waals surface area (Å²) in [6.07, 6.45) is 6.06. The Kier molecular flexibility index (Phi) is 5.75. The van der Waals surface area contributed by atoms with E-state index in [1.165, 1.54) is 0 Å². The van der Waals surface area contributed by atoms with Crippen molar-refractivity contribution >= 4 is 5.91 Å². The molecule has 0 spiro atoms. The van der Waals surface area contributed by atoms with Gasteiger partial charge in [-0.3, -0.25) is 14.6 Å². The van der Waals surface area contributed by atoms with Crippen molar-refractivity contribution in [1.82, 2.24) is 14.5 Å². The maximum Gasteiger partial charge on any atom is 0.263 e. The van der Waals surface area contributed by atoms with Gasteiger partial charge in [0.15, 0.2) is 0 Å². The number of aromatic nitrogens is 2. The lowest BCUT2D eigenvalue weighted by Crippen LogP contribution is -2.38. The molecule has 6 heteroatoms. The highest BCUT2D eigenvalue weighted by Crippen LogP contribution is 2.28. The minimum Gasteiger partial charge on any atom is -0.393 e. The SMILES string of the molecule is Cc1ccn(C2CCC(O)CC2)c(=O)c1C(=O)N(C)C(C)c1ccccn1. The van der Waals surface area contributed by atoms with E-state index < -0.39 is 0 Å². The molecular weight excluding hydrogens is 342 g/mol. The normalized spacial score (nSPS) is 20.9. The van der Waals surface area contributed by atoms with Crippen LogP contribution in [0, 0.1) is 6.92 Å². The standard InChI is InChI=1S/C21H27N3O3/c1-14-11-13-24(16-7-9-17(25)10-8-16)21(27)19(14)20(26)23(3)15(2)18-6-4-5-12-22-18/h4-6,11-13,15-17,25H,7-10H2,1-3H3. The zero-order chi connectivity index (χ0) is 19.6. The van der Waals surface area contributed by atoms with Crippen molar-refractivity contribution in [3.63, 3.8) is 0 Å². The molecule has 1 unspecified atom stereocenters. The van der Waals surface area contributed by atoms with Crippen molar-refractivity contribution in [2.75, 3.05) is 7.05 Å². The van der Waals surface area contributed by atoms with E-state index in [0.717, 1.165) is 18.5 Å². The summed E-state index contributed by atoms with van der Waals surface area (Å²) in [5, 5.41) is 9.72. The highest BCUT2D eigenvalue weighted by Gasteiger charge is 2.27. The molecular formula is C21H27N3O3. The third-order valence-electron chi connectivity index (χ3n) is 5.62. The third-order valence-corrected chi connectivity index (χ3v) is 5.62. The number of carbonyl (C=O) groups excluding carboxylic acids is 1. The molecule has 27 heavy (non-hydrogen) atoms. The lowest BCUT2D eigenvalue weighted by molar-refractivity contribution is 0.0734. The Balaban J connectivity index is 1.90. The van der Waals surface area contributed by atoms with Crippen LogP contribution in [0.2, 0.25) is 0 Å². The molecule has 1 amide bonds. The second-order valence-corrected chi connectivity index (χ2v) is 7.40. The van der Waals surface area contributed by atoms with Crippen molar-refractivity contribution in [2.24, 2.45) is 0 Å². The second kappa shape index (κ2) is 8.05. The van der Waals surface area contributed by atoms with Gasteiger partial charge in [-0.15, -0.1) is 0 Å². The highest BCUT2D eigenvalue weighted by atomic mass is 16.3. The van der Waals surface area contributed by atoms with Crippen LogP contribution in [-0.2, 0) is 0 Å². The first-order valence-electron chi connectivity index (χ1n) is 9.48. The first-order valence-corrected chi connectivity index (χ1v) is 9.48. The number of aliphatic hydroxyl groups excluding tert-OH is 1. The molecule has 0 bridgehead atoms. The number of rotatable bonds is 4. The number of aliphatic hydroxyl groups is 1. The monoisotopic (exact) mass is 369 g/mol. The van der Waals surface area contributed by atoms with E-state index in [1.54, 1.807) is 35.8 Å². The molecule has 144 valence electrons. The van der Waals surface area contributed by atoms with Gasteiger partial charge in [0.2, 0.25) is 0 Å². The molecule has 0 saturated heterocycles. The van der Waals surface area contributed by atoms with Gasteiger partial charge in [0, 0.05) is 25.5 Å². The van der Waals surface area contributed by atoms with Crippen molar-refractivity contribution in [3.8, 4) is 0 Å². The Bertz CT molecular complexity index is 855. The Morgan fingerprint density at radius 2 is 1.96 bits per heavy atom. The van der Waals surface area contributed by atoms with Crippen LogP contribution in [0.25, 0.3) is 0 Å². The predicted molar refractivity (Wildman–Crippen MR) is 104 cm³/mol. The van der Waals surface area contributed by atoms with E-state index in [1.807, 2.05) is 31.2 Å². The topological polar surface area (TPSA) is 75.4 Å². The second-order valence-electron chi connectivity index (χ2n) is 7.40. The molecule has 6 nitrogen and oxygen atoms in total. The molecule has 1 fully saturated rings. The van der Waals surface area contributed by atoms with Gasteiger partial charge in [-0.1, -0.05) is 6.07 Å². The first-order chi connectivity index (χ1) is 12.9. The maximum absolute atomic E-state index is 13.1. The lowest BCUT2D eigenvalue weighted by atomic mass is 9.92. The predicted octanol–water partition coefficient (Wildman–Crippen LogP) is 2.86. The number of hydrogen-bond donors (Lipinski definition) is 1. The fourth-order valence-electron chi connectivity index (χ4n) is 3.70. The van der Waals surface area contributed by atoms with Crippen molar-refractivity contribution in [3.05, 3.63) is 63.8 Å². The van der Waals surface area contributed by atoms with E-state index in [4.69, 9.17) is 0 Å². The minimum absolute atomic E-state index is 0.0339. The Morgan fingerprint density at radius 3 is 2.59 bits per heavy atom. The number of pyridine rings is 2. The minimum atomic E-state index is -0.291. The smallest absolute Gasteiger partial charge is 0.263 e. The lowest BCUT2D eigenvalue weighted by Gasteiger charge is -2.29. The maximum atomic E-state index is 13.1. The summed E-state index contributed by atoms with van der Waals surface area (Å²) in [7, 11) is 1.70. The molecule has 0 aromatic carbocycles. The molecule has 2 heterocycles. The summed E-state index contributed by atoms with van der Waals surface area (Å²) in [6.45, 7) is 3.70. The van der Waals surface area contributed by atoms with Crippen LogP contribution in [0.1, 0.15) is 66.3 Å². The fraction of sp³-hybridized carbons (Fsp3) is 0.476. The summed E-state index contributed by atoms with van der Waals surface area (Å²) in [5.41, 5.74) is 1.43. The summed E-state index contributed by atoms with van der Waals surface area (Å²) in [5.74, 6) is -0.291. The van der Waals surface area contributed by atoms with Gasteiger partial charge in [0.1, 0.15) is 5.56 Å². The van der Waals surface area contributed by atoms with Crippen LogP contribution < -0.4 is 5.56 Å². The highest BCUT2D eigenvalue weighted by molar-refractivity contribution is 5.95. The molecule has 3 rings (SSSR count). The average molecular weight is 369 g/mol. The molecule has 2 aromatic heterocycles. The van der Waals surface area contributed by atoms with Crippen molar-refractivity contribution < 1.29 is 9.90 Å². The molecule has 2 aromatic rings. The fourth-order valence-corrected chi connectivity index (χ4v) is 3.70. The molecule has 0 aliphatic heterocycles. The molecule has 1 aliphatic carbocycles. The van der Waals surface area contributed by atoms with Crippen LogP contribution >= 0.6 is 0 Å². The third kappa shape index (κ3) is 3.95. The van der Waals surface area contributed by atoms with Gasteiger partial charge < -0.3 is 14.6 Å². The van der Waals surface area contributed by atoms with Crippen LogP contribution in [0.15, 0.2) is 41.5 Å². The van der Waals surface area contributed by atoms with E-state index in [2.05, 4.69) is 4.98 Å². The first kappa shape index (κ1) is 19.3. The Morgan fingerprint density at radius 1 is 1.26 bits per heavy atom.